The Morgan fingerprint density at radius 2 is 2.00 bits per heavy atom. The lowest BCUT2D eigenvalue weighted by Gasteiger charge is -2.07. The van der Waals surface area contributed by atoms with Crippen LogP contribution in [0, 0.1) is 5.82 Å². The van der Waals surface area contributed by atoms with Crippen LogP contribution in [0.5, 0.6) is 0 Å². The average molecular weight is 363 g/mol. The minimum absolute atomic E-state index is 0.0523. The number of benzene rings is 2. The van der Waals surface area contributed by atoms with Gasteiger partial charge in [-0.25, -0.2) is 4.39 Å². The maximum Gasteiger partial charge on any atom is 0.142 e. The molecule has 0 saturated carbocycles. The summed E-state index contributed by atoms with van der Waals surface area (Å²) < 4.78 is 26.3. The normalized spacial score (nSPS) is 12.4. The van der Waals surface area contributed by atoms with E-state index in [-0.39, 0.29) is 10.8 Å². The van der Waals surface area contributed by atoms with Crippen molar-refractivity contribution in [3.63, 3.8) is 0 Å². The number of halogens is 3. The van der Waals surface area contributed by atoms with Crippen LogP contribution in [0.4, 0.5) is 10.1 Å². The fourth-order valence-electron chi connectivity index (χ4n) is 1.56. The van der Waals surface area contributed by atoms with Crippen LogP contribution in [0.25, 0.3) is 0 Å². The van der Waals surface area contributed by atoms with E-state index >= 15 is 0 Å². The van der Waals surface area contributed by atoms with Crippen molar-refractivity contribution < 1.29 is 8.60 Å². The summed E-state index contributed by atoms with van der Waals surface area (Å²) in [5.41, 5.74) is 6.85. The molecule has 0 heterocycles. The molecule has 0 saturated heterocycles. The number of nitrogens with two attached hydrogens (primary N) is 1. The lowest BCUT2D eigenvalue weighted by atomic mass is 10.2. The van der Waals surface area contributed by atoms with Gasteiger partial charge in [0, 0.05) is 10.2 Å². The molecule has 0 aromatic heterocycles. The zero-order valence-corrected chi connectivity index (χ0v) is 12.9. The second-order valence-electron chi connectivity index (χ2n) is 3.92. The minimum Gasteiger partial charge on any atom is -0.398 e. The molecular weight excluding hydrogens is 353 g/mol. The van der Waals surface area contributed by atoms with Crippen molar-refractivity contribution in [3.05, 3.63) is 57.3 Å². The van der Waals surface area contributed by atoms with Gasteiger partial charge in [-0.1, -0.05) is 33.6 Å². The maximum absolute atomic E-state index is 13.3. The molecule has 0 aliphatic heterocycles. The Morgan fingerprint density at radius 3 is 2.68 bits per heavy atom. The van der Waals surface area contributed by atoms with Crippen molar-refractivity contribution in [2.24, 2.45) is 0 Å². The van der Waals surface area contributed by atoms with E-state index < -0.39 is 16.6 Å². The number of anilines is 1. The van der Waals surface area contributed by atoms with E-state index in [1.807, 2.05) is 0 Å². The molecule has 1 unspecified atom stereocenters. The van der Waals surface area contributed by atoms with Gasteiger partial charge >= 0.3 is 0 Å². The predicted molar refractivity (Wildman–Crippen MR) is 80.1 cm³/mol. The van der Waals surface area contributed by atoms with Crippen LogP contribution >= 0.6 is 27.5 Å². The molecule has 2 aromatic rings. The molecule has 2 rings (SSSR count). The Hall–Kier alpha value is -0.910. The Kier molecular flexibility index (Phi) is 4.60. The Bertz CT molecular complexity index is 651. The van der Waals surface area contributed by atoms with Gasteiger partial charge in [-0.3, -0.25) is 4.21 Å². The molecule has 0 spiro atoms. The summed E-state index contributed by atoms with van der Waals surface area (Å²) in [6, 6.07) is 9.55. The second-order valence-corrected chi connectivity index (χ2v) is 6.66. The number of nitrogen functional groups attached to an aromatic ring is 1. The van der Waals surface area contributed by atoms with Gasteiger partial charge in [-0.05, 0) is 35.9 Å². The zero-order chi connectivity index (χ0) is 14.0. The first-order valence-corrected chi connectivity index (χ1v) is 7.83. The topological polar surface area (TPSA) is 43.1 Å². The largest absolute Gasteiger partial charge is 0.398 e. The quantitative estimate of drug-likeness (QED) is 0.834. The molecule has 2 aromatic carbocycles. The van der Waals surface area contributed by atoms with E-state index in [1.165, 1.54) is 12.1 Å². The summed E-state index contributed by atoms with van der Waals surface area (Å²) in [6.07, 6.45) is 0. The highest BCUT2D eigenvalue weighted by Crippen LogP contribution is 2.24. The molecule has 0 aliphatic carbocycles. The lowest BCUT2D eigenvalue weighted by molar-refractivity contribution is 0.626. The fourth-order valence-corrected chi connectivity index (χ4v) is 3.42. The SMILES string of the molecule is Nc1ccc(Br)cc1S(=O)Cc1ccc(Cl)c(F)c1. The zero-order valence-electron chi connectivity index (χ0n) is 9.70. The average Bonchev–Trinajstić information content (AvgIpc) is 2.36. The van der Waals surface area contributed by atoms with Crippen molar-refractivity contribution in [3.8, 4) is 0 Å². The van der Waals surface area contributed by atoms with E-state index in [4.69, 9.17) is 17.3 Å². The smallest absolute Gasteiger partial charge is 0.142 e. The molecule has 0 bridgehead atoms. The van der Waals surface area contributed by atoms with Crippen LogP contribution in [-0.4, -0.2) is 4.21 Å². The molecule has 0 aliphatic rings. The maximum atomic E-state index is 13.3. The Labute approximate surface area is 126 Å². The molecule has 19 heavy (non-hydrogen) atoms. The van der Waals surface area contributed by atoms with Crippen LogP contribution < -0.4 is 5.73 Å². The summed E-state index contributed by atoms with van der Waals surface area (Å²) in [5.74, 6) is -0.326. The predicted octanol–water partition coefficient (Wildman–Crippen LogP) is 4.13. The second kappa shape index (κ2) is 6.03. The van der Waals surface area contributed by atoms with Crippen molar-refractivity contribution in [1.29, 1.82) is 0 Å². The van der Waals surface area contributed by atoms with E-state index in [2.05, 4.69) is 15.9 Å². The van der Waals surface area contributed by atoms with Crippen molar-refractivity contribution in [1.82, 2.24) is 0 Å². The van der Waals surface area contributed by atoms with Gasteiger partial charge in [0.2, 0.25) is 0 Å². The summed E-state index contributed by atoms with van der Waals surface area (Å²) in [7, 11) is -1.34. The van der Waals surface area contributed by atoms with Crippen molar-refractivity contribution in [2.45, 2.75) is 10.6 Å². The molecule has 6 heteroatoms. The van der Waals surface area contributed by atoms with Crippen LogP contribution in [0.2, 0.25) is 5.02 Å². The first-order valence-electron chi connectivity index (χ1n) is 5.34. The van der Waals surface area contributed by atoms with E-state index in [9.17, 15) is 8.60 Å². The molecule has 0 radical (unpaired) electrons. The number of hydrogen-bond donors (Lipinski definition) is 1. The summed E-state index contributed by atoms with van der Waals surface area (Å²) in [5, 5.41) is 0.0523. The highest BCUT2D eigenvalue weighted by atomic mass is 79.9. The van der Waals surface area contributed by atoms with Gasteiger partial charge in [-0.2, -0.15) is 0 Å². The molecular formula is C13H10BrClFNOS. The molecule has 2 N–H and O–H groups in total. The van der Waals surface area contributed by atoms with Gasteiger partial charge in [-0.15, -0.1) is 0 Å². The molecule has 2 nitrogen and oxygen atoms in total. The van der Waals surface area contributed by atoms with Crippen LogP contribution in [0.1, 0.15) is 5.56 Å². The molecule has 100 valence electrons. The third kappa shape index (κ3) is 3.55. The van der Waals surface area contributed by atoms with E-state index in [0.717, 1.165) is 4.47 Å². The third-order valence-electron chi connectivity index (χ3n) is 2.50. The van der Waals surface area contributed by atoms with Crippen LogP contribution in [0.3, 0.4) is 0 Å². The lowest BCUT2D eigenvalue weighted by Crippen LogP contribution is -2.01. The van der Waals surface area contributed by atoms with Crippen LogP contribution in [-0.2, 0) is 16.6 Å². The molecule has 0 fully saturated rings. The van der Waals surface area contributed by atoms with Gasteiger partial charge < -0.3 is 5.73 Å². The molecule has 1 atom stereocenters. The first kappa shape index (κ1) is 14.5. The summed E-state index contributed by atoms with van der Waals surface area (Å²) >= 11 is 8.91. The monoisotopic (exact) mass is 361 g/mol. The number of hydrogen-bond acceptors (Lipinski definition) is 2. The van der Waals surface area contributed by atoms with Gasteiger partial charge in [0.1, 0.15) is 5.82 Å². The van der Waals surface area contributed by atoms with Crippen molar-refractivity contribution >= 4 is 44.0 Å². The number of rotatable bonds is 3. The van der Waals surface area contributed by atoms with Crippen LogP contribution in [0.15, 0.2) is 45.8 Å². The highest BCUT2D eigenvalue weighted by molar-refractivity contribution is 9.10. The van der Waals surface area contributed by atoms with Gasteiger partial charge in [0.25, 0.3) is 0 Å². The molecule has 0 amide bonds. The summed E-state index contributed by atoms with van der Waals surface area (Å²) in [6.45, 7) is 0. The van der Waals surface area contributed by atoms with Gasteiger partial charge in [0.05, 0.1) is 26.5 Å². The van der Waals surface area contributed by atoms with E-state index in [1.54, 1.807) is 24.3 Å². The van der Waals surface area contributed by atoms with E-state index in [0.29, 0.717) is 16.1 Å². The van der Waals surface area contributed by atoms with Gasteiger partial charge in [0.15, 0.2) is 0 Å². The minimum atomic E-state index is -1.34. The highest BCUT2D eigenvalue weighted by Gasteiger charge is 2.11. The van der Waals surface area contributed by atoms with Crippen molar-refractivity contribution in [2.75, 3.05) is 5.73 Å². The fraction of sp³-hybridized carbons (Fsp3) is 0.0769. The Balaban J connectivity index is 2.25. The standard InChI is InChI=1S/C13H10BrClFNOS/c14-9-2-4-12(17)13(6-9)19(18)7-8-1-3-10(15)11(16)5-8/h1-6H,7,17H2. The Morgan fingerprint density at radius 1 is 1.26 bits per heavy atom. The first-order chi connectivity index (χ1) is 8.97. The third-order valence-corrected chi connectivity index (χ3v) is 4.74. The summed E-state index contributed by atoms with van der Waals surface area (Å²) in [4.78, 5) is 0.532.